The van der Waals surface area contributed by atoms with Crippen LogP contribution >= 0.6 is 7.82 Å². The quantitative estimate of drug-likeness (QED) is 0.0936. The molecule has 3 N–H and O–H groups in total. The Labute approximate surface area is 210 Å². The van der Waals surface area contributed by atoms with Crippen LogP contribution in [0.4, 0.5) is 0 Å². The summed E-state index contributed by atoms with van der Waals surface area (Å²) in [5.74, 6) is -1.12. The second-order valence-electron chi connectivity index (χ2n) is 8.80. The van der Waals surface area contributed by atoms with E-state index >= 15 is 0 Å². The van der Waals surface area contributed by atoms with Gasteiger partial charge >= 0.3 is 19.8 Å². The second-order valence-corrected chi connectivity index (χ2v) is 10.3. The number of phosphoric acid groups is 1. The summed E-state index contributed by atoms with van der Waals surface area (Å²) in [7, 11) is -4.56. The predicted molar refractivity (Wildman–Crippen MR) is 132 cm³/mol. The summed E-state index contributed by atoms with van der Waals surface area (Å²) < 4.78 is 31.2. The highest BCUT2D eigenvalue weighted by Crippen LogP contribution is 2.43. The SMILES string of the molecule is CCCCCCCCCCCCCCCC(=O)O[C@H](COC(C)=O)COP(=O)(O)OC[C@@H](O)CO. The lowest BCUT2D eigenvalue weighted by Gasteiger charge is -2.20. The number of aliphatic hydroxyl groups is 2. The lowest BCUT2D eigenvalue weighted by atomic mass is 10.0. The summed E-state index contributed by atoms with van der Waals surface area (Å²) in [6.45, 7) is 1.28. The van der Waals surface area contributed by atoms with Crippen molar-refractivity contribution < 1.29 is 47.8 Å². The number of hydrogen-bond acceptors (Lipinski definition) is 9. The molecule has 11 heteroatoms. The van der Waals surface area contributed by atoms with Gasteiger partial charge in [-0.3, -0.25) is 18.6 Å². The normalized spacial score (nSPS) is 14.8. The van der Waals surface area contributed by atoms with Gasteiger partial charge in [-0.1, -0.05) is 84.0 Å². The number of phosphoric ester groups is 1. The number of rotatable bonds is 24. The highest BCUT2D eigenvalue weighted by Gasteiger charge is 2.26. The van der Waals surface area contributed by atoms with Gasteiger partial charge in [-0.05, 0) is 6.42 Å². The molecule has 0 aromatic heterocycles. The number of aliphatic hydroxyl groups excluding tert-OH is 2. The zero-order valence-electron chi connectivity index (χ0n) is 21.5. The first-order valence-corrected chi connectivity index (χ1v) is 14.4. The Hall–Kier alpha value is -1.03. The van der Waals surface area contributed by atoms with E-state index in [9.17, 15) is 24.2 Å². The molecule has 0 aromatic carbocycles. The molecule has 0 amide bonds. The van der Waals surface area contributed by atoms with Crippen LogP contribution in [0.25, 0.3) is 0 Å². The minimum Gasteiger partial charge on any atom is -0.462 e. The summed E-state index contributed by atoms with van der Waals surface area (Å²) in [5, 5.41) is 17.9. The van der Waals surface area contributed by atoms with Crippen LogP contribution < -0.4 is 0 Å². The predicted octanol–water partition coefficient (Wildman–Crippen LogP) is 4.43. The third kappa shape index (κ3) is 23.1. The Morgan fingerprint density at radius 2 is 1.29 bits per heavy atom. The van der Waals surface area contributed by atoms with E-state index in [-0.39, 0.29) is 13.0 Å². The van der Waals surface area contributed by atoms with Crippen LogP contribution in [0.2, 0.25) is 0 Å². The number of unbranched alkanes of at least 4 members (excludes halogenated alkanes) is 12. The fourth-order valence-corrected chi connectivity index (χ4v) is 4.10. The molecule has 0 saturated heterocycles. The van der Waals surface area contributed by atoms with Gasteiger partial charge in [0, 0.05) is 13.3 Å². The minimum atomic E-state index is -4.56. The Kier molecular flexibility index (Phi) is 21.5. The standard InChI is InChI=1S/C24H47O10P/c1-3-4-5-6-7-8-9-10-11-12-13-14-15-16-24(28)34-23(19-31-21(2)26)20-33-35(29,30)32-18-22(27)17-25/h22-23,25,27H,3-20H2,1-2H3,(H,29,30)/t22-,23+/m0/s1. The first-order chi connectivity index (χ1) is 16.7. The molecule has 0 aliphatic carbocycles. The smallest absolute Gasteiger partial charge is 0.462 e. The summed E-state index contributed by atoms with van der Waals surface area (Å²) in [6.07, 6.45) is 13.2. The van der Waals surface area contributed by atoms with Crippen LogP contribution in [0, 0.1) is 0 Å². The van der Waals surface area contributed by atoms with Crippen LogP contribution in [-0.4, -0.2) is 65.7 Å². The average Bonchev–Trinajstić information content (AvgIpc) is 2.82. The molecular formula is C24H47O10P. The molecule has 208 valence electrons. The lowest BCUT2D eigenvalue weighted by Crippen LogP contribution is -2.29. The molecule has 1 unspecified atom stereocenters. The molecule has 0 bridgehead atoms. The van der Waals surface area contributed by atoms with E-state index in [0.29, 0.717) is 6.42 Å². The maximum atomic E-state index is 12.1. The van der Waals surface area contributed by atoms with Crippen LogP contribution in [0.5, 0.6) is 0 Å². The van der Waals surface area contributed by atoms with E-state index in [2.05, 4.69) is 11.4 Å². The Bertz CT molecular complexity index is 587. The Morgan fingerprint density at radius 3 is 1.77 bits per heavy atom. The van der Waals surface area contributed by atoms with Gasteiger partial charge in [0.05, 0.1) is 19.8 Å². The molecule has 0 spiro atoms. The van der Waals surface area contributed by atoms with Crippen molar-refractivity contribution in [1.82, 2.24) is 0 Å². The Balaban J connectivity index is 4.04. The van der Waals surface area contributed by atoms with Crippen molar-refractivity contribution in [3.63, 3.8) is 0 Å². The molecule has 0 rings (SSSR count). The second kappa shape index (κ2) is 22.2. The van der Waals surface area contributed by atoms with Crippen molar-refractivity contribution in [2.24, 2.45) is 0 Å². The lowest BCUT2D eigenvalue weighted by molar-refractivity contribution is -0.160. The molecule has 0 radical (unpaired) electrons. The number of carbonyl (C=O) groups excluding carboxylic acids is 2. The number of carbonyl (C=O) groups is 2. The van der Waals surface area contributed by atoms with Crippen molar-refractivity contribution >= 4 is 19.8 Å². The third-order valence-electron chi connectivity index (χ3n) is 5.32. The van der Waals surface area contributed by atoms with E-state index < -0.39 is 51.8 Å². The van der Waals surface area contributed by atoms with Gasteiger partial charge in [0.2, 0.25) is 0 Å². The molecule has 0 aromatic rings. The van der Waals surface area contributed by atoms with Gasteiger partial charge in [-0.2, -0.15) is 0 Å². The minimum absolute atomic E-state index is 0.185. The van der Waals surface area contributed by atoms with Crippen molar-refractivity contribution in [2.45, 2.75) is 116 Å². The summed E-state index contributed by atoms with van der Waals surface area (Å²) in [6, 6.07) is 0. The molecular weight excluding hydrogens is 479 g/mol. The molecule has 0 aliphatic rings. The molecule has 0 fully saturated rings. The summed E-state index contributed by atoms with van der Waals surface area (Å²) in [5.41, 5.74) is 0. The fourth-order valence-electron chi connectivity index (χ4n) is 3.31. The maximum absolute atomic E-state index is 12.1. The van der Waals surface area contributed by atoms with Crippen molar-refractivity contribution in [1.29, 1.82) is 0 Å². The number of ether oxygens (including phenoxy) is 2. The van der Waals surface area contributed by atoms with Gasteiger partial charge in [0.25, 0.3) is 0 Å². The molecule has 0 saturated carbocycles. The monoisotopic (exact) mass is 526 g/mol. The average molecular weight is 527 g/mol. The summed E-state index contributed by atoms with van der Waals surface area (Å²) >= 11 is 0. The fraction of sp³-hybridized carbons (Fsp3) is 0.917. The van der Waals surface area contributed by atoms with Crippen LogP contribution in [0.1, 0.15) is 104 Å². The van der Waals surface area contributed by atoms with Crippen LogP contribution in [0.15, 0.2) is 0 Å². The zero-order valence-corrected chi connectivity index (χ0v) is 22.4. The van der Waals surface area contributed by atoms with Crippen molar-refractivity contribution in [2.75, 3.05) is 26.4 Å². The number of hydrogen-bond donors (Lipinski definition) is 3. The van der Waals surface area contributed by atoms with E-state index in [1.165, 1.54) is 64.7 Å². The highest BCUT2D eigenvalue weighted by molar-refractivity contribution is 7.47. The zero-order chi connectivity index (χ0) is 26.4. The molecule has 10 nitrogen and oxygen atoms in total. The molecule has 0 aliphatic heterocycles. The first-order valence-electron chi connectivity index (χ1n) is 12.9. The van der Waals surface area contributed by atoms with E-state index in [1.807, 2.05) is 0 Å². The van der Waals surface area contributed by atoms with Crippen molar-refractivity contribution in [3.05, 3.63) is 0 Å². The van der Waals surface area contributed by atoms with E-state index in [1.54, 1.807) is 0 Å². The third-order valence-corrected chi connectivity index (χ3v) is 6.27. The van der Waals surface area contributed by atoms with Gasteiger partial charge in [0.1, 0.15) is 12.7 Å². The molecule has 0 heterocycles. The van der Waals surface area contributed by atoms with Gasteiger partial charge in [-0.15, -0.1) is 0 Å². The van der Waals surface area contributed by atoms with E-state index in [4.69, 9.17) is 19.1 Å². The van der Waals surface area contributed by atoms with Gasteiger partial charge in [-0.25, -0.2) is 4.57 Å². The van der Waals surface area contributed by atoms with Crippen LogP contribution in [-0.2, 0) is 32.7 Å². The van der Waals surface area contributed by atoms with E-state index in [0.717, 1.165) is 19.3 Å². The maximum Gasteiger partial charge on any atom is 0.472 e. The van der Waals surface area contributed by atoms with Crippen LogP contribution in [0.3, 0.4) is 0 Å². The van der Waals surface area contributed by atoms with Crippen molar-refractivity contribution in [3.8, 4) is 0 Å². The molecule has 3 atom stereocenters. The number of esters is 2. The van der Waals surface area contributed by atoms with Gasteiger partial charge in [0.15, 0.2) is 6.10 Å². The summed E-state index contributed by atoms with van der Waals surface area (Å²) in [4.78, 5) is 32.8. The first kappa shape index (κ1) is 34.0. The largest absolute Gasteiger partial charge is 0.472 e. The topological polar surface area (TPSA) is 149 Å². The van der Waals surface area contributed by atoms with Gasteiger partial charge < -0.3 is 24.6 Å². The Morgan fingerprint density at radius 1 is 0.800 bits per heavy atom. The molecule has 35 heavy (non-hydrogen) atoms. The highest BCUT2D eigenvalue weighted by atomic mass is 31.2.